The van der Waals surface area contributed by atoms with E-state index in [9.17, 15) is 18.0 Å². The summed E-state index contributed by atoms with van der Waals surface area (Å²) in [5, 5.41) is 0.940. The standard InChI is InChI=1S/C10H8F3NO2/c11-7-3-2-6(8(12)9(7)13)10(15)14-4-1-5-16-14/h2-3H,1,4-5H2. The number of amides is 1. The first kappa shape index (κ1) is 10.9. The van der Waals surface area contributed by atoms with Crippen molar-refractivity contribution in [2.75, 3.05) is 13.2 Å². The summed E-state index contributed by atoms with van der Waals surface area (Å²) >= 11 is 0. The van der Waals surface area contributed by atoms with Crippen LogP contribution < -0.4 is 0 Å². The predicted octanol–water partition coefficient (Wildman–Crippen LogP) is 1.88. The van der Waals surface area contributed by atoms with Crippen molar-refractivity contribution in [3.63, 3.8) is 0 Å². The molecule has 3 nitrogen and oxygen atoms in total. The van der Waals surface area contributed by atoms with E-state index in [0.29, 0.717) is 25.6 Å². The van der Waals surface area contributed by atoms with Gasteiger partial charge in [0.15, 0.2) is 17.5 Å². The Morgan fingerprint density at radius 3 is 2.62 bits per heavy atom. The van der Waals surface area contributed by atoms with E-state index < -0.39 is 28.9 Å². The quantitative estimate of drug-likeness (QED) is 0.690. The molecule has 1 aliphatic rings. The van der Waals surface area contributed by atoms with E-state index in [-0.39, 0.29) is 0 Å². The average Bonchev–Trinajstić information content (AvgIpc) is 2.79. The lowest BCUT2D eigenvalue weighted by Crippen LogP contribution is -2.27. The van der Waals surface area contributed by atoms with Crippen molar-refractivity contribution in [3.05, 3.63) is 35.1 Å². The third-order valence-electron chi connectivity index (χ3n) is 2.24. The topological polar surface area (TPSA) is 29.5 Å². The van der Waals surface area contributed by atoms with Gasteiger partial charge in [0.25, 0.3) is 5.91 Å². The molecule has 0 bridgehead atoms. The van der Waals surface area contributed by atoms with Gasteiger partial charge >= 0.3 is 0 Å². The first-order valence-electron chi connectivity index (χ1n) is 4.69. The lowest BCUT2D eigenvalue weighted by molar-refractivity contribution is -0.0771. The van der Waals surface area contributed by atoms with E-state index in [0.717, 1.165) is 11.1 Å². The maximum absolute atomic E-state index is 13.2. The number of nitrogens with zero attached hydrogens (tertiary/aromatic N) is 1. The Morgan fingerprint density at radius 2 is 2.00 bits per heavy atom. The van der Waals surface area contributed by atoms with Crippen LogP contribution in [-0.4, -0.2) is 24.1 Å². The molecular formula is C10H8F3NO2. The highest BCUT2D eigenvalue weighted by atomic mass is 19.2. The minimum atomic E-state index is -1.65. The molecule has 0 atom stereocenters. The predicted molar refractivity (Wildman–Crippen MR) is 47.9 cm³/mol. The minimum absolute atomic E-state index is 0.317. The number of hydrogen-bond donors (Lipinski definition) is 0. The van der Waals surface area contributed by atoms with E-state index in [4.69, 9.17) is 4.84 Å². The summed E-state index contributed by atoms with van der Waals surface area (Å²) < 4.78 is 38.8. The van der Waals surface area contributed by atoms with Crippen molar-refractivity contribution < 1.29 is 22.8 Å². The van der Waals surface area contributed by atoms with Crippen LogP contribution in [0, 0.1) is 17.5 Å². The highest BCUT2D eigenvalue weighted by molar-refractivity contribution is 5.93. The van der Waals surface area contributed by atoms with Crippen LogP contribution in [0.2, 0.25) is 0 Å². The summed E-state index contributed by atoms with van der Waals surface area (Å²) in [6, 6.07) is 1.61. The van der Waals surface area contributed by atoms with Crippen molar-refractivity contribution in [1.82, 2.24) is 5.06 Å². The van der Waals surface area contributed by atoms with Crippen LogP contribution in [0.25, 0.3) is 0 Å². The molecule has 1 heterocycles. The molecule has 1 aromatic carbocycles. The van der Waals surface area contributed by atoms with Crippen molar-refractivity contribution in [3.8, 4) is 0 Å². The molecule has 16 heavy (non-hydrogen) atoms. The van der Waals surface area contributed by atoms with Gasteiger partial charge in [0.1, 0.15) is 0 Å². The normalized spacial score (nSPS) is 15.6. The van der Waals surface area contributed by atoms with E-state index in [1.807, 2.05) is 0 Å². The van der Waals surface area contributed by atoms with Crippen LogP contribution in [0.4, 0.5) is 13.2 Å². The number of carbonyl (C=O) groups excluding carboxylic acids is 1. The summed E-state index contributed by atoms with van der Waals surface area (Å²) in [4.78, 5) is 16.5. The van der Waals surface area contributed by atoms with Gasteiger partial charge in [0.05, 0.1) is 18.7 Å². The molecule has 1 aliphatic heterocycles. The zero-order valence-electron chi connectivity index (χ0n) is 8.17. The molecular weight excluding hydrogens is 223 g/mol. The molecule has 1 fully saturated rings. The van der Waals surface area contributed by atoms with Crippen molar-refractivity contribution in [2.24, 2.45) is 0 Å². The first-order chi connectivity index (χ1) is 7.61. The van der Waals surface area contributed by atoms with Gasteiger partial charge in [-0.05, 0) is 18.6 Å². The fraction of sp³-hybridized carbons (Fsp3) is 0.300. The Bertz CT molecular complexity index is 430. The van der Waals surface area contributed by atoms with Crippen LogP contribution in [0.15, 0.2) is 12.1 Å². The van der Waals surface area contributed by atoms with Crippen LogP contribution >= 0.6 is 0 Å². The highest BCUT2D eigenvalue weighted by Crippen LogP contribution is 2.18. The number of hydrogen-bond acceptors (Lipinski definition) is 2. The van der Waals surface area contributed by atoms with Crippen molar-refractivity contribution in [1.29, 1.82) is 0 Å². The number of hydroxylamine groups is 2. The molecule has 0 unspecified atom stereocenters. The van der Waals surface area contributed by atoms with Gasteiger partial charge in [-0.25, -0.2) is 18.2 Å². The number of rotatable bonds is 1. The second-order valence-corrected chi connectivity index (χ2v) is 3.32. The molecule has 1 amide bonds. The van der Waals surface area contributed by atoms with E-state index in [1.54, 1.807) is 0 Å². The van der Waals surface area contributed by atoms with E-state index in [1.165, 1.54) is 0 Å². The molecule has 1 aromatic rings. The van der Waals surface area contributed by atoms with Crippen molar-refractivity contribution >= 4 is 5.91 Å². The fourth-order valence-corrected chi connectivity index (χ4v) is 1.43. The van der Waals surface area contributed by atoms with Crippen molar-refractivity contribution in [2.45, 2.75) is 6.42 Å². The van der Waals surface area contributed by atoms with Gasteiger partial charge in [0.2, 0.25) is 0 Å². The van der Waals surface area contributed by atoms with Crippen LogP contribution in [0.1, 0.15) is 16.8 Å². The zero-order chi connectivity index (χ0) is 11.7. The second-order valence-electron chi connectivity index (χ2n) is 3.32. The molecule has 2 rings (SSSR count). The van der Waals surface area contributed by atoms with Gasteiger partial charge in [-0.3, -0.25) is 9.63 Å². The summed E-state index contributed by atoms with van der Waals surface area (Å²) in [7, 11) is 0. The largest absolute Gasteiger partial charge is 0.280 e. The number of benzene rings is 1. The highest BCUT2D eigenvalue weighted by Gasteiger charge is 2.26. The van der Waals surface area contributed by atoms with Gasteiger partial charge in [-0.2, -0.15) is 0 Å². The third-order valence-corrected chi connectivity index (χ3v) is 2.24. The van der Waals surface area contributed by atoms with Gasteiger partial charge in [0, 0.05) is 0 Å². The molecule has 0 radical (unpaired) electrons. The smallest absolute Gasteiger partial charge is 0.271 e. The Morgan fingerprint density at radius 1 is 1.25 bits per heavy atom. The fourth-order valence-electron chi connectivity index (χ4n) is 1.43. The Labute approximate surface area is 89.4 Å². The minimum Gasteiger partial charge on any atom is -0.271 e. The van der Waals surface area contributed by atoms with Crippen LogP contribution in [0.3, 0.4) is 0 Å². The molecule has 0 saturated carbocycles. The second kappa shape index (κ2) is 4.13. The molecule has 0 aromatic heterocycles. The van der Waals surface area contributed by atoms with Gasteiger partial charge in [-0.1, -0.05) is 0 Å². The molecule has 0 N–H and O–H groups in total. The Kier molecular flexibility index (Phi) is 2.82. The molecule has 0 aliphatic carbocycles. The summed E-state index contributed by atoms with van der Waals surface area (Å²) in [6.45, 7) is 0.675. The summed E-state index contributed by atoms with van der Waals surface area (Å²) in [6.07, 6.45) is 0.636. The molecule has 1 saturated heterocycles. The number of carbonyl (C=O) groups is 1. The Hall–Kier alpha value is -1.56. The SMILES string of the molecule is O=C(c1ccc(F)c(F)c1F)N1CCCO1. The lowest BCUT2D eigenvalue weighted by atomic mass is 10.2. The molecule has 6 heteroatoms. The van der Waals surface area contributed by atoms with Gasteiger partial charge < -0.3 is 0 Å². The van der Waals surface area contributed by atoms with E-state index >= 15 is 0 Å². The zero-order valence-corrected chi connectivity index (χ0v) is 8.17. The molecule has 86 valence electrons. The first-order valence-corrected chi connectivity index (χ1v) is 4.69. The summed E-state index contributed by atoms with van der Waals surface area (Å²) in [5.41, 5.74) is -0.527. The maximum atomic E-state index is 13.2. The summed E-state index contributed by atoms with van der Waals surface area (Å²) in [5.74, 6) is -5.25. The van der Waals surface area contributed by atoms with E-state index in [2.05, 4.69) is 0 Å². The monoisotopic (exact) mass is 231 g/mol. The number of halogens is 3. The third kappa shape index (κ3) is 1.76. The van der Waals surface area contributed by atoms with Gasteiger partial charge in [-0.15, -0.1) is 0 Å². The van der Waals surface area contributed by atoms with Crippen LogP contribution in [0.5, 0.6) is 0 Å². The lowest BCUT2D eigenvalue weighted by Gasteiger charge is -2.14. The molecule has 0 spiro atoms. The Balaban J connectivity index is 2.33. The van der Waals surface area contributed by atoms with Crippen LogP contribution in [-0.2, 0) is 4.84 Å². The maximum Gasteiger partial charge on any atom is 0.280 e. The average molecular weight is 231 g/mol.